The number of benzene rings is 2. The monoisotopic (exact) mass is 463 g/mol. The molecule has 0 fully saturated rings. The van der Waals surface area contributed by atoms with E-state index in [4.69, 9.17) is 10.5 Å². The Hall–Kier alpha value is -3.88. The highest BCUT2D eigenvalue weighted by Gasteiger charge is 2.40. The van der Waals surface area contributed by atoms with Gasteiger partial charge in [0.25, 0.3) is 11.8 Å². The van der Waals surface area contributed by atoms with Crippen LogP contribution in [0.1, 0.15) is 33.1 Å². The van der Waals surface area contributed by atoms with E-state index < -0.39 is 18.1 Å². The lowest BCUT2D eigenvalue weighted by Gasteiger charge is -2.34. The average molecular weight is 464 g/mol. The minimum Gasteiger partial charge on any atom is -0.477 e. The molecule has 0 saturated heterocycles. The second-order valence-corrected chi connectivity index (χ2v) is 8.36. The van der Waals surface area contributed by atoms with Gasteiger partial charge in [0.05, 0.1) is 17.9 Å². The van der Waals surface area contributed by atoms with Gasteiger partial charge in [-0.05, 0) is 37.1 Å². The second kappa shape index (κ2) is 9.94. The SMILES string of the molecule is CCC(CC)NC(=O)C1CN(C(=O)C2=NN(c3ccccc3)C(C(N)=O)C2)c2ccccc2O1. The van der Waals surface area contributed by atoms with Gasteiger partial charge in [-0.15, -0.1) is 0 Å². The van der Waals surface area contributed by atoms with Gasteiger partial charge in [0.2, 0.25) is 5.91 Å². The van der Waals surface area contributed by atoms with Crippen LogP contribution in [0.5, 0.6) is 5.75 Å². The first-order valence-electron chi connectivity index (χ1n) is 11.5. The number of hydrogen-bond acceptors (Lipinski definition) is 6. The zero-order chi connectivity index (χ0) is 24.2. The predicted molar refractivity (Wildman–Crippen MR) is 130 cm³/mol. The zero-order valence-electron chi connectivity index (χ0n) is 19.3. The normalized spacial score (nSPS) is 19.3. The van der Waals surface area contributed by atoms with Crippen LogP contribution in [-0.4, -0.2) is 48.2 Å². The maximum atomic E-state index is 13.6. The molecule has 2 aromatic carbocycles. The van der Waals surface area contributed by atoms with E-state index in [0.29, 0.717) is 17.1 Å². The lowest BCUT2D eigenvalue weighted by Crippen LogP contribution is -2.53. The Kier molecular flexibility index (Phi) is 6.81. The van der Waals surface area contributed by atoms with E-state index in [1.807, 2.05) is 32.0 Å². The number of amides is 3. The van der Waals surface area contributed by atoms with Gasteiger partial charge < -0.3 is 15.8 Å². The number of para-hydroxylation sites is 3. The van der Waals surface area contributed by atoms with Crippen LogP contribution in [0, 0.1) is 0 Å². The predicted octanol–water partition coefficient (Wildman–Crippen LogP) is 2.21. The number of hydrazone groups is 1. The Balaban J connectivity index is 1.62. The number of anilines is 2. The molecule has 2 aliphatic heterocycles. The highest BCUT2D eigenvalue weighted by molar-refractivity contribution is 6.45. The van der Waals surface area contributed by atoms with Crippen LogP contribution in [-0.2, 0) is 14.4 Å². The number of hydrogen-bond donors (Lipinski definition) is 2. The third kappa shape index (κ3) is 4.59. The van der Waals surface area contributed by atoms with Crippen molar-refractivity contribution < 1.29 is 19.1 Å². The number of primary amides is 1. The van der Waals surface area contributed by atoms with Crippen molar-refractivity contribution in [3.8, 4) is 5.75 Å². The van der Waals surface area contributed by atoms with Crippen molar-refractivity contribution in [3.05, 3.63) is 54.6 Å². The molecule has 0 aromatic heterocycles. The number of carbonyl (C=O) groups is 3. The molecule has 2 atom stereocenters. The van der Waals surface area contributed by atoms with E-state index in [0.717, 1.165) is 12.8 Å². The summed E-state index contributed by atoms with van der Waals surface area (Å²) in [6.07, 6.45) is 0.815. The van der Waals surface area contributed by atoms with E-state index >= 15 is 0 Å². The molecule has 2 aromatic rings. The van der Waals surface area contributed by atoms with Gasteiger partial charge >= 0.3 is 0 Å². The maximum absolute atomic E-state index is 13.6. The van der Waals surface area contributed by atoms with Crippen LogP contribution in [0.15, 0.2) is 59.7 Å². The quantitative estimate of drug-likeness (QED) is 0.653. The number of nitrogens with two attached hydrogens (primary N) is 1. The van der Waals surface area contributed by atoms with E-state index in [9.17, 15) is 14.4 Å². The van der Waals surface area contributed by atoms with Crippen molar-refractivity contribution >= 4 is 34.8 Å². The molecule has 0 bridgehead atoms. The molecule has 4 rings (SSSR count). The summed E-state index contributed by atoms with van der Waals surface area (Å²) in [5.41, 5.74) is 7.04. The second-order valence-electron chi connectivity index (χ2n) is 8.36. The summed E-state index contributed by atoms with van der Waals surface area (Å²) in [4.78, 5) is 40.2. The summed E-state index contributed by atoms with van der Waals surface area (Å²) in [7, 11) is 0. The Labute approximate surface area is 198 Å². The van der Waals surface area contributed by atoms with Crippen molar-refractivity contribution in [1.29, 1.82) is 0 Å². The van der Waals surface area contributed by atoms with Crippen LogP contribution in [0.25, 0.3) is 0 Å². The number of rotatable bonds is 7. The number of fused-ring (bicyclic) bond motifs is 1. The average Bonchev–Trinajstić information content (AvgIpc) is 3.32. The van der Waals surface area contributed by atoms with Gasteiger partial charge in [0.15, 0.2) is 6.10 Å². The first kappa shape index (κ1) is 23.3. The van der Waals surface area contributed by atoms with E-state index in [2.05, 4.69) is 10.4 Å². The third-order valence-corrected chi connectivity index (χ3v) is 6.15. The van der Waals surface area contributed by atoms with Crippen LogP contribution in [0.4, 0.5) is 11.4 Å². The van der Waals surface area contributed by atoms with Crippen LogP contribution >= 0.6 is 0 Å². The Morgan fingerprint density at radius 2 is 1.76 bits per heavy atom. The molecule has 34 heavy (non-hydrogen) atoms. The van der Waals surface area contributed by atoms with Gasteiger partial charge in [0, 0.05) is 12.5 Å². The number of nitrogens with zero attached hydrogens (tertiary/aromatic N) is 3. The number of carbonyl (C=O) groups excluding carboxylic acids is 3. The lowest BCUT2D eigenvalue weighted by molar-refractivity contribution is -0.129. The molecule has 9 nitrogen and oxygen atoms in total. The molecule has 2 heterocycles. The van der Waals surface area contributed by atoms with Crippen LogP contribution in [0.3, 0.4) is 0 Å². The third-order valence-electron chi connectivity index (χ3n) is 6.15. The highest BCUT2D eigenvalue weighted by Crippen LogP contribution is 2.34. The molecule has 2 unspecified atom stereocenters. The Bertz CT molecular complexity index is 1100. The highest BCUT2D eigenvalue weighted by atomic mass is 16.5. The Morgan fingerprint density at radius 1 is 1.09 bits per heavy atom. The standard InChI is InChI=1S/C25H29N5O4/c1-3-16(4-2)27-24(32)22-15-29(19-12-8-9-13-21(19)34-22)25(33)18-14-20(23(26)31)30(28-18)17-10-6-5-7-11-17/h5-13,16,20,22H,3-4,14-15H2,1-2H3,(H2,26,31)(H,27,32). The summed E-state index contributed by atoms with van der Waals surface area (Å²) < 4.78 is 5.95. The van der Waals surface area contributed by atoms with Crippen LogP contribution < -0.4 is 25.7 Å². The fourth-order valence-corrected chi connectivity index (χ4v) is 4.19. The van der Waals surface area contributed by atoms with Gasteiger partial charge in [-0.2, -0.15) is 5.10 Å². The molecule has 3 N–H and O–H groups in total. The van der Waals surface area contributed by atoms with Gasteiger partial charge in [-0.1, -0.05) is 44.2 Å². The topological polar surface area (TPSA) is 117 Å². The minimum absolute atomic E-state index is 0.0346. The largest absolute Gasteiger partial charge is 0.477 e. The first-order chi connectivity index (χ1) is 16.4. The van der Waals surface area contributed by atoms with E-state index in [-0.39, 0.29) is 36.5 Å². The molecular formula is C25H29N5O4. The van der Waals surface area contributed by atoms with Crippen molar-refractivity contribution in [1.82, 2.24) is 5.32 Å². The van der Waals surface area contributed by atoms with E-state index in [1.165, 1.54) is 9.91 Å². The molecule has 9 heteroatoms. The fraction of sp³-hybridized carbons (Fsp3) is 0.360. The van der Waals surface area contributed by atoms with Crippen LogP contribution in [0.2, 0.25) is 0 Å². The molecule has 0 saturated carbocycles. The maximum Gasteiger partial charge on any atom is 0.274 e. The zero-order valence-corrected chi connectivity index (χ0v) is 19.3. The van der Waals surface area contributed by atoms with Gasteiger partial charge in [-0.25, -0.2) is 0 Å². The summed E-state index contributed by atoms with van der Waals surface area (Å²) >= 11 is 0. The van der Waals surface area contributed by atoms with Crippen molar-refractivity contribution in [2.45, 2.75) is 51.3 Å². The molecular weight excluding hydrogens is 434 g/mol. The molecule has 0 spiro atoms. The van der Waals surface area contributed by atoms with Crippen molar-refractivity contribution in [3.63, 3.8) is 0 Å². The summed E-state index contributed by atoms with van der Waals surface area (Å²) in [6, 6.07) is 15.4. The molecule has 2 aliphatic rings. The first-order valence-corrected chi connectivity index (χ1v) is 11.5. The molecule has 0 radical (unpaired) electrons. The summed E-state index contributed by atoms with van der Waals surface area (Å²) in [6.45, 7) is 4.05. The minimum atomic E-state index is -0.862. The number of ether oxygens (including phenoxy) is 1. The molecule has 0 aliphatic carbocycles. The smallest absolute Gasteiger partial charge is 0.274 e. The number of nitrogens with one attached hydrogen (secondary N) is 1. The van der Waals surface area contributed by atoms with Crippen molar-refractivity contribution in [2.75, 3.05) is 16.5 Å². The fourth-order valence-electron chi connectivity index (χ4n) is 4.19. The lowest BCUT2D eigenvalue weighted by atomic mass is 10.1. The summed E-state index contributed by atoms with van der Waals surface area (Å²) in [5, 5.41) is 8.95. The summed E-state index contributed by atoms with van der Waals surface area (Å²) in [5.74, 6) is -0.784. The van der Waals surface area contributed by atoms with E-state index in [1.54, 1.807) is 36.4 Å². The van der Waals surface area contributed by atoms with Gasteiger partial charge in [0.1, 0.15) is 17.5 Å². The molecule has 178 valence electrons. The molecule has 3 amide bonds. The Morgan fingerprint density at radius 3 is 2.44 bits per heavy atom. The van der Waals surface area contributed by atoms with Crippen molar-refractivity contribution in [2.24, 2.45) is 10.8 Å². The van der Waals surface area contributed by atoms with Gasteiger partial charge in [-0.3, -0.25) is 24.3 Å².